The molecule has 0 spiro atoms. The maximum Gasteiger partial charge on any atom is 0.158 e. The van der Waals surface area contributed by atoms with E-state index in [0.717, 1.165) is 0 Å². The fraction of sp³-hybridized carbons (Fsp3) is 0.600. The summed E-state index contributed by atoms with van der Waals surface area (Å²) in [6, 6.07) is 0. The number of methoxy groups -OCH3 is 2. The molecule has 0 fully saturated rings. The Labute approximate surface area is 93.5 Å². The van der Waals surface area contributed by atoms with Crippen LogP contribution in [0.3, 0.4) is 0 Å². The first-order chi connectivity index (χ1) is 7.44. The summed E-state index contributed by atoms with van der Waals surface area (Å²) in [6.45, 7) is 3.31. The van der Waals surface area contributed by atoms with Crippen molar-refractivity contribution in [3.63, 3.8) is 0 Å². The Morgan fingerprint density at radius 2 is 1.75 bits per heavy atom. The van der Waals surface area contributed by atoms with Gasteiger partial charge in [0.15, 0.2) is 6.29 Å². The lowest BCUT2D eigenvalue weighted by atomic mass is 9.81. The molecule has 0 aromatic carbocycles. The molecule has 0 rings (SSSR count). The average molecular weight is 230 g/mol. The molecule has 0 aromatic rings. The second-order valence-corrected chi connectivity index (χ2v) is 3.25. The van der Waals surface area contributed by atoms with Crippen molar-refractivity contribution in [2.75, 3.05) is 14.2 Å². The first-order valence-electron chi connectivity index (χ1n) is 4.54. The molecule has 16 heavy (non-hydrogen) atoms. The van der Waals surface area contributed by atoms with Crippen LogP contribution in [0.25, 0.3) is 0 Å². The Morgan fingerprint density at radius 1 is 1.31 bits per heavy atom. The van der Waals surface area contributed by atoms with Crippen LogP contribution in [0.5, 0.6) is 0 Å². The zero-order chi connectivity index (χ0) is 12.8. The summed E-state index contributed by atoms with van der Waals surface area (Å²) in [6.07, 6.45) is -0.512. The third-order valence-corrected chi connectivity index (χ3v) is 2.32. The minimum Gasteiger partial charge on any atom is -0.549 e. The minimum atomic E-state index is -2.18. The summed E-state index contributed by atoms with van der Waals surface area (Å²) in [4.78, 5) is 21.9. The number of carbonyl (C=O) groups is 2. The topological polar surface area (TPSA) is 98.7 Å². The molecule has 6 heteroatoms. The number of ether oxygens (including phenoxy) is 2. The van der Waals surface area contributed by atoms with Crippen LogP contribution in [0.2, 0.25) is 0 Å². The molecule has 0 aliphatic rings. The lowest BCUT2D eigenvalue weighted by Crippen LogP contribution is -2.55. The van der Waals surface area contributed by atoms with Crippen LogP contribution < -0.4 is 10.2 Å². The van der Waals surface area contributed by atoms with Crippen LogP contribution in [-0.2, 0) is 19.1 Å². The van der Waals surface area contributed by atoms with Gasteiger partial charge in [-0.05, 0) is 6.42 Å². The van der Waals surface area contributed by atoms with Gasteiger partial charge in [0.25, 0.3) is 0 Å². The lowest BCUT2D eigenvalue weighted by molar-refractivity contribution is -0.346. The number of allylic oxidation sites excluding steroid dienone is 1. The molecule has 0 bridgehead atoms. The molecule has 0 N–H and O–H groups in total. The van der Waals surface area contributed by atoms with Crippen molar-refractivity contribution in [2.45, 2.75) is 19.1 Å². The Bertz CT molecular complexity index is 254. The quantitative estimate of drug-likeness (QED) is 0.273. The zero-order valence-corrected chi connectivity index (χ0v) is 9.23. The second-order valence-electron chi connectivity index (χ2n) is 3.25. The monoisotopic (exact) mass is 230 g/mol. The molecule has 6 nitrogen and oxygen atoms in total. The summed E-state index contributed by atoms with van der Waals surface area (Å²) in [7, 11) is 2.55. The van der Waals surface area contributed by atoms with Gasteiger partial charge in [-0.15, -0.1) is 6.58 Å². The molecule has 0 heterocycles. The van der Waals surface area contributed by atoms with Crippen LogP contribution in [-0.4, -0.2) is 32.4 Å². The van der Waals surface area contributed by atoms with Crippen LogP contribution in [0.4, 0.5) is 0 Å². The van der Waals surface area contributed by atoms with Gasteiger partial charge in [-0.25, -0.2) is 0 Å². The van der Waals surface area contributed by atoms with Crippen molar-refractivity contribution >= 4 is 11.9 Å². The molecule has 0 atom stereocenters. The molecule has 0 aliphatic carbocycles. The highest BCUT2D eigenvalue weighted by molar-refractivity contribution is 5.96. The van der Waals surface area contributed by atoms with Gasteiger partial charge in [0.1, 0.15) is 0 Å². The average Bonchev–Trinajstić information content (AvgIpc) is 2.23. The summed E-state index contributed by atoms with van der Waals surface area (Å²) in [5.41, 5.74) is -2.18. The van der Waals surface area contributed by atoms with E-state index in [1.807, 2.05) is 0 Å². The highest BCUT2D eigenvalue weighted by Crippen LogP contribution is 2.29. The first kappa shape index (κ1) is 14.6. The van der Waals surface area contributed by atoms with E-state index in [1.165, 1.54) is 20.3 Å². The van der Waals surface area contributed by atoms with Crippen molar-refractivity contribution in [3.8, 4) is 0 Å². The predicted octanol–water partition coefficient (Wildman–Crippen LogP) is -1.94. The third-order valence-electron chi connectivity index (χ3n) is 2.32. The summed E-state index contributed by atoms with van der Waals surface area (Å²) >= 11 is 0. The second kappa shape index (κ2) is 6.24. The number of carboxylic acid groups (broad SMARTS) is 2. The number of rotatable bonds is 8. The van der Waals surface area contributed by atoms with E-state index in [0.29, 0.717) is 0 Å². The Balaban J connectivity index is 5.10. The number of carboxylic acids is 2. The van der Waals surface area contributed by atoms with Gasteiger partial charge in [0.05, 0.1) is 17.4 Å². The predicted molar refractivity (Wildman–Crippen MR) is 49.7 cm³/mol. The zero-order valence-electron chi connectivity index (χ0n) is 9.23. The van der Waals surface area contributed by atoms with E-state index >= 15 is 0 Å². The molecular formula is C10H14O6-2. The van der Waals surface area contributed by atoms with E-state index in [-0.39, 0.29) is 6.42 Å². The van der Waals surface area contributed by atoms with Crippen molar-refractivity contribution < 1.29 is 29.3 Å². The largest absolute Gasteiger partial charge is 0.549 e. The van der Waals surface area contributed by atoms with Crippen molar-refractivity contribution in [1.29, 1.82) is 0 Å². The smallest absolute Gasteiger partial charge is 0.158 e. The molecule has 0 aromatic heterocycles. The van der Waals surface area contributed by atoms with Gasteiger partial charge in [-0.3, -0.25) is 0 Å². The van der Waals surface area contributed by atoms with E-state index in [1.54, 1.807) is 0 Å². The lowest BCUT2D eigenvalue weighted by Gasteiger charge is -2.36. The Morgan fingerprint density at radius 3 is 2.00 bits per heavy atom. The van der Waals surface area contributed by atoms with Gasteiger partial charge in [0.2, 0.25) is 0 Å². The molecule has 0 unspecified atom stereocenters. The summed E-state index contributed by atoms with van der Waals surface area (Å²) in [5, 5.41) is 21.9. The van der Waals surface area contributed by atoms with Gasteiger partial charge >= 0.3 is 0 Å². The van der Waals surface area contributed by atoms with Crippen molar-refractivity contribution in [2.24, 2.45) is 5.41 Å². The molecule has 0 saturated heterocycles. The first-order valence-corrected chi connectivity index (χ1v) is 4.54. The van der Waals surface area contributed by atoms with Crippen LogP contribution in [0.1, 0.15) is 12.8 Å². The maximum absolute atomic E-state index is 10.9. The molecule has 0 saturated carbocycles. The number of carbonyl (C=O) groups excluding carboxylic acids is 2. The van der Waals surface area contributed by atoms with E-state index in [9.17, 15) is 19.8 Å². The highest BCUT2D eigenvalue weighted by Gasteiger charge is 2.35. The normalized spacial score (nSPS) is 11.4. The van der Waals surface area contributed by atoms with Gasteiger partial charge < -0.3 is 29.3 Å². The number of hydrogen-bond donors (Lipinski definition) is 0. The summed E-state index contributed by atoms with van der Waals surface area (Å²) in [5.74, 6) is -3.49. The Kier molecular flexibility index (Phi) is 5.69. The molecule has 0 radical (unpaired) electrons. The fourth-order valence-corrected chi connectivity index (χ4v) is 1.29. The van der Waals surface area contributed by atoms with Crippen molar-refractivity contribution in [1.82, 2.24) is 0 Å². The molecular weight excluding hydrogens is 216 g/mol. The van der Waals surface area contributed by atoms with E-state index < -0.39 is 30.1 Å². The number of hydrogen-bond acceptors (Lipinski definition) is 6. The van der Waals surface area contributed by atoms with Crippen molar-refractivity contribution in [3.05, 3.63) is 12.7 Å². The third kappa shape index (κ3) is 3.04. The maximum atomic E-state index is 10.9. The number of aliphatic carboxylic acids is 2. The van der Waals surface area contributed by atoms with Crippen LogP contribution >= 0.6 is 0 Å². The van der Waals surface area contributed by atoms with Crippen LogP contribution in [0.15, 0.2) is 12.7 Å². The molecule has 0 aliphatic heterocycles. The Hall–Kier alpha value is -1.40. The highest BCUT2D eigenvalue weighted by atomic mass is 16.7. The van der Waals surface area contributed by atoms with Crippen LogP contribution in [0, 0.1) is 5.41 Å². The molecule has 92 valence electrons. The van der Waals surface area contributed by atoms with Gasteiger partial charge in [-0.1, -0.05) is 6.08 Å². The van der Waals surface area contributed by atoms with Gasteiger partial charge in [-0.2, -0.15) is 0 Å². The SMILES string of the molecule is C=CCC(CC(OC)OC)(C(=O)[O-])C(=O)[O-]. The van der Waals surface area contributed by atoms with E-state index in [4.69, 9.17) is 9.47 Å². The fourth-order valence-electron chi connectivity index (χ4n) is 1.29. The van der Waals surface area contributed by atoms with Gasteiger partial charge in [0, 0.05) is 20.6 Å². The standard InChI is InChI=1S/C10H16O6/c1-4-5-10(8(11)12,9(13)14)6-7(15-2)16-3/h4,7H,1,5-6H2,2-3H3,(H,11,12)(H,13,14)/p-2. The summed E-state index contributed by atoms with van der Waals surface area (Å²) < 4.78 is 9.53. The molecule has 0 amide bonds. The minimum absolute atomic E-state index is 0.319. The van der Waals surface area contributed by atoms with E-state index in [2.05, 4.69) is 6.58 Å².